The molecule has 2 saturated heterocycles. The minimum absolute atomic E-state index is 0.0170. The predicted molar refractivity (Wildman–Crippen MR) is 61.9 cm³/mol. The third-order valence-corrected chi connectivity index (χ3v) is 3.78. The van der Waals surface area contributed by atoms with E-state index in [1.165, 1.54) is 6.42 Å². The van der Waals surface area contributed by atoms with Gasteiger partial charge in [-0.2, -0.15) is 0 Å². The molecule has 16 heavy (non-hydrogen) atoms. The van der Waals surface area contributed by atoms with Gasteiger partial charge in [-0.15, -0.1) is 0 Å². The number of ether oxygens (including phenoxy) is 1. The smallest absolute Gasteiger partial charge is 0.234 e. The Morgan fingerprint density at radius 1 is 1.25 bits per heavy atom. The normalized spacial score (nSPS) is 29.1. The Balaban J connectivity index is 1.87. The molecule has 0 saturated carbocycles. The fourth-order valence-corrected chi connectivity index (χ4v) is 2.79. The minimum atomic E-state index is -0.147. The third-order valence-electron chi connectivity index (χ3n) is 3.78. The first-order valence-electron chi connectivity index (χ1n) is 6.38. The molecule has 0 aromatic rings. The van der Waals surface area contributed by atoms with Crippen LogP contribution in [-0.2, 0) is 9.53 Å². The van der Waals surface area contributed by atoms with Gasteiger partial charge < -0.3 is 10.5 Å². The van der Waals surface area contributed by atoms with E-state index in [1.54, 1.807) is 0 Å². The predicted octanol–water partition coefficient (Wildman–Crippen LogP) is 0.753. The highest BCUT2D eigenvalue weighted by Gasteiger charge is 2.29. The van der Waals surface area contributed by atoms with Crippen molar-refractivity contribution in [1.29, 1.82) is 0 Å². The van der Waals surface area contributed by atoms with Crippen LogP contribution in [0.2, 0.25) is 0 Å². The molecule has 2 aliphatic heterocycles. The van der Waals surface area contributed by atoms with Gasteiger partial charge in [0.15, 0.2) is 0 Å². The molecule has 0 aromatic carbocycles. The standard InChI is InChI=1S/C12H22N2O2/c13-12(15)11-3-1-2-6-14(11)9-10-4-7-16-8-5-10/h10-11H,1-9H2,(H2,13,15). The van der Waals surface area contributed by atoms with E-state index in [4.69, 9.17) is 10.5 Å². The first-order valence-corrected chi connectivity index (χ1v) is 6.38. The van der Waals surface area contributed by atoms with Crippen LogP contribution < -0.4 is 5.73 Å². The largest absolute Gasteiger partial charge is 0.381 e. The number of rotatable bonds is 3. The molecular weight excluding hydrogens is 204 g/mol. The zero-order valence-electron chi connectivity index (χ0n) is 9.86. The molecule has 2 fully saturated rings. The molecular formula is C12H22N2O2. The zero-order valence-corrected chi connectivity index (χ0v) is 9.86. The number of nitrogens with two attached hydrogens (primary N) is 1. The van der Waals surface area contributed by atoms with E-state index in [-0.39, 0.29) is 11.9 Å². The Morgan fingerprint density at radius 3 is 2.69 bits per heavy atom. The van der Waals surface area contributed by atoms with Gasteiger partial charge in [0, 0.05) is 19.8 Å². The van der Waals surface area contributed by atoms with Crippen molar-refractivity contribution >= 4 is 5.91 Å². The molecule has 0 aliphatic carbocycles. The van der Waals surface area contributed by atoms with E-state index in [1.807, 2.05) is 0 Å². The van der Waals surface area contributed by atoms with Crippen LogP contribution in [0.15, 0.2) is 0 Å². The molecule has 1 atom stereocenters. The lowest BCUT2D eigenvalue weighted by atomic mass is 9.95. The van der Waals surface area contributed by atoms with Gasteiger partial charge in [0.25, 0.3) is 0 Å². The quantitative estimate of drug-likeness (QED) is 0.772. The fourth-order valence-electron chi connectivity index (χ4n) is 2.79. The van der Waals surface area contributed by atoms with Crippen LogP contribution in [0.4, 0.5) is 0 Å². The number of carbonyl (C=O) groups is 1. The second kappa shape index (κ2) is 5.64. The zero-order chi connectivity index (χ0) is 11.4. The van der Waals surface area contributed by atoms with Gasteiger partial charge in [0.05, 0.1) is 6.04 Å². The summed E-state index contributed by atoms with van der Waals surface area (Å²) in [5, 5.41) is 0. The molecule has 2 N–H and O–H groups in total. The monoisotopic (exact) mass is 226 g/mol. The van der Waals surface area contributed by atoms with Crippen molar-refractivity contribution in [2.75, 3.05) is 26.3 Å². The molecule has 0 bridgehead atoms. The van der Waals surface area contributed by atoms with E-state index >= 15 is 0 Å². The van der Waals surface area contributed by atoms with E-state index in [0.717, 1.165) is 52.0 Å². The van der Waals surface area contributed by atoms with Gasteiger partial charge in [0.1, 0.15) is 0 Å². The Kier molecular flexibility index (Phi) is 4.18. The number of primary amides is 1. The summed E-state index contributed by atoms with van der Waals surface area (Å²) >= 11 is 0. The summed E-state index contributed by atoms with van der Waals surface area (Å²) in [4.78, 5) is 13.7. The number of carbonyl (C=O) groups excluding carboxylic acids is 1. The van der Waals surface area contributed by atoms with Crippen molar-refractivity contribution in [2.24, 2.45) is 11.7 Å². The highest BCUT2D eigenvalue weighted by molar-refractivity contribution is 5.79. The maximum atomic E-state index is 11.4. The first kappa shape index (κ1) is 11.9. The van der Waals surface area contributed by atoms with E-state index in [9.17, 15) is 4.79 Å². The van der Waals surface area contributed by atoms with Crippen LogP contribution in [0.25, 0.3) is 0 Å². The van der Waals surface area contributed by atoms with Crippen molar-refractivity contribution in [3.8, 4) is 0 Å². The molecule has 2 aliphatic rings. The second-order valence-corrected chi connectivity index (χ2v) is 4.96. The highest BCUT2D eigenvalue weighted by atomic mass is 16.5. The molecule has 4 heteroatoms. The average molecular weight is 226 g/mol. The van der Waals surface area contributed by atoms with Crippen LogP contribution in [-0.4, -0.2) is 43.2 Å². The highest BCUT2D eigenvalue weighted by Crippen LogP contribution is 2.22. The molecule has 0 radical (unpaired) electrons. The number of amides is 1. The molecule has 92 valence electrons. The summed E-state index contributed by atoms with van der Waals surface area (Å²) < 4.78 is 5.35. The van der Waals surface area contributed by atoms with E-state index in [0.29, 0.717) is 5.92 Å². The van der Waals surface area contributed by atoms with Crippen LogP contribution in [0, 0.1) is 5.92 Å². The summed E-state index contributed by atoms with van der Waals surface area (Å²) in [6, 6.07) is -0.0170. The van der Waals surface area contributed by atoms with Crippen LogP contribution >= 0.6 is 0 Å². The summed E-state index contributed by atoms with van der Waals surface area (Å²) in [6.45, 7) is 3.81. The Morgan fingerprint density at radius 2 is 2.00 bits per heavy atom. The summed E-state index contributed by atoms with van der Waals surface area (Å²) in [6.07, 6.45) is 5.54. The molecule has 2 heterocycles. The van der Waals surface area contributed by atoms with Gasteiger partial charge >= 0.3 is 0 Å². The number of likely N-dealkylation sites (tertiary alicyclic amines) is 1. The molecule has 4 nitrogen and oxygen atoms in total. The topological polar surface area (TPSA) is 55.6 Å². The lowest BCUT2D eigenvalue weighted by Crippen LogP contribution is -2.49. The number of hydrogen-bond acceptors (Lipinski definition) is 3. The third kappa shape index (κ3) is 2.95. The van der Waals surface area contributed by atoms with Crippen molar-refractivity contribution in [1.82, 2.24) is 4.90 Å². The summed E-state index contributed by atoms with van der Waals surface area (Å²) in [7, 11) is 0. The van der Waals surface area contributed by atoms with E-state index < -0.39 is 0 Å². The summed E-state index contributed by atoms with van der Waals surface area (Å²) in [5.74, 6) is 0.542. The lowest BCUT2D eigenvalue weighted by molar-refractivity contribution is -0.124. The van der Waals surface area contributed by atoms with Gasteiger partial charge in [-0.3, -0.25) is 9.69 Å². The summed E-state index contributed by atoms with van der Waals surface area (Å²) in [5.41, 5.74) is 5.46. The Bertz CT molecular complexity index is 239. The number of nitrogens with zero attached hydrogens (tertiary/aromatic N) is 1. The fraction of sp³-hybridized carbons (Fsp3) is 0.917. The van der Waals surface area contributed by atoms with Crippen LogP contribution in [0.1, 0.15) is 32.1 Å². The number of hydrogen-bond donors (Lipinski definition) is 1. The second-order valence-electron chi connectivity index (χ2n) is 4.96. The van der Waals surface area contributed by atoms with Gasteiger partial charge in [-0.1, -0.05) is 6.42 Å². The molecule has 1 amide bonds. The van der Waals surface area contributed by atoms with E-state index in [2.05, 4.69) is 4.90 Å². The van der Waals surface area contributed by atoms with Crippen molar-refractivity contribution in [2.45, 2.75) is 38.1 Å². The van der Waals surface area contributed by atoms with Gasteiger partial charge in [-0.05, 0) is 38.1 Å². The molecule has 1 unspecified atom stereocenters. The van der Waals surface area contributed by atoms with Gasteiger partial charge in [0.2, 0.25) is 5.91 Å². The number of piperidine rings is 1. The Hall–Kier alpha value is -0.610. The molecule has 0 spiro atoms. The average Bonchev–Trinajstić information content (AvgIpc) is 2.31. The minimum Gasteiger partial charge on any atom is -0.381 e. The van der Waals surface area contributed by atoms with Crippen LogP contribution in [0.5, 0.6) is 0 Å². The van der Waals surface area contributed by atoms with Crippen molar-refractivity contribution < 1.29 is 9.53 Å². The maximum absolute atomic E-state index is 11.4. The van der Waals surface area contributed by atoms with Crippen molar-refractivity contribution in [3.63, 3.8) is 0 Å². The first-order chi connectivity index (χ1) is 7.77. The SMILES string of the molecule is NC(=O)C1CCCCN1CC1CCOCC1. The van der Waals surface area contributed by atoms with Gasteiger partial charge in [-0.25, -0.2) is 0 Å². The van der Waals surface area contributed by atoms with Crippen LogP contribution in [0.3, 0.4) is 0 Å². The van der Waals surface area contributed by atoms with Crippen molar-refractivity contribution in [3.05, 3.63) is 0 Å². The molecule has 0 aromatic heterocycles. The molecule has 2 rings (SSSR count). The lowest BCUT2D eigenvalue weighted by Gasteiger charge is -2.37. The maximum Gasteiger partial charge on any atom is 0.234 e. The Labute approximate surface area is 97.1 Å².